The second-order valence-corrected chi connectivity index (χ2v) is 5.65. The monoisotopic (exact) mass is 262 g/mol. The first kappa shape index (κ1) is 13.1. The normalized spacial score (nSPS) is 11.9. The summed E-state index contributed by atoms with van der Waals surface area (Å²) in [5, 5.41) is 10.9. The molecular formula is C14H18N2OS. The average Bonchev–Trinajstić information content (AvgIpc) is 2.67. The van der Waals surface area contributed by atoms with E-state index < -0.39 is 5.60 Å². The van der Waals surface area contributed by atoms with Crippen molar-refractivity contribution in [1.82, 2.24) is 4.57 Å². The summed E-state index contributed by atoms with van der Waals surface area (Å²) in [5.74, 6) is 0. The number of aromatic nitrogens is 1. The predicted molar refractivity (Wildman–Crippen MR) is 78.7 cm³/mol. The van der Waals surface area contributed by atoms with Crippen LogP contribution in [0, 0.1) is 0 Å². The van der Waals surface area contributed by atoms with Crippen molar-refractivity contribution in [1.29, 1.82) is 0 Å². The smallest absolute Gasteiger partial charge is 0.104 e. The molecule has 0 saturated carbocycles. The minimum atomic E-state index is -0.643. The second-order valence-electron chi connectivity index (χ2n) is 5.21. The highest BCUT2D eigenvalue weighted by atomic mass is 32.1. The Kier molecular flexibility index (Phi) is 3.41. The molecule has 0 saturated heterocycles. The van der Waals surface area contributed by atoms with Crippen LogP contribution in [0.2, 0.25) is 0 Å². The van der Waals surface area contributed by atoms with E-state index in [0.717, 1.165) is 23.0 Å². The molecule has 0 aliphatic heterocycles. The van der Waals surface area contributed by atoms with E-state index in [2.05, 4.69) is 4.57 Å². The molecule has 2 rings (SSSR count). The van der Waals surface area contributed by atoms with Crippen LogP contribution in [-0.2, 0) is 6.54 Å². The number of fused-ring (bicyclic) bond motifs is 1. The van der Waals surface area contributed by atoms with E-state index in [0.29, 0.717) is 11.4 Å². The summed E-state index contributed by atoms with van der Waals surface area (Å²) in [6.07, 6.45) is 2.74. The predicted octanol–water partition coefficient (Wildman–Crippen LogP) is 2.44. The van der Waals surface area contributed by atoms with Gasteiger partial charge in [-0.2, -0.15) is 0 Å². The highest BCUT2D eigenvalue weighted by Crippen LogP contribution is 2.19. The van der Waals surface area contributed by atoms with Gasteiger partial charge in [0.1, 0.15) is 4.99 Å². The van der Waals surface area contributed by atoms with Gasteiger partial charge in [-0.25, -0.2) is 0 Å². The number of hydrogen-bond donors (Lipinski definition) is 2. The number of rotatable bonds is 4. The maximum atomic E-state index is 9.76. The van der Waals surface area contributed by atoms with Crippen molar-refractivity contribution in [3.63, 3.8) is 0 Å². The fraction of sp³-hybridized carbons (Fsp3) is 0.357. The number of aryl methyl sites for hydroxylation is 1. The zero-order valence-electron chi connectivity index (χ0n) is 10.7. The van der Waals surface area contributed by atoms with E-state index in [-0.39, 0.29) is 0 Å². The number of hydrogen-bond acceptors (Lipinski definition) is 2. The Morgan fingerprint density at radius 1 is 1.39 bits per heavy atom. The third kappa shape index (κ3) is 2.89. The van der Waals surface area contributed by atoms with Gasteiger partial charge in [-0.1, -0.05) is 12.2 Å². The molecule has 0 bridgehead atoms. The van der Waals surface area contributed by atoms with Crippen molar-refractivity contribution in [2.45, 2.75) is 32.4 Å². The Balaban J connectivity index is 2.29. The number of aliphatic hydroxyl groups is 1. The molecule has 0 unspecified atom stereocenters. The summed E-state index contributed by atoms with van der Waals surface area (Å²) in [6, 6.07) is 8.00. The summed E-state index contributed by atoms with van der Waals surface area (Å²) in [5.41, 5.74) is 7.00. The van der Waals surface area contributed by atoms with Gasteiger partial charge in [-0.05, 0) is 44.5 Å². The lowest BCUT2D eigenvalue weighted by molar-refractivity contribution is 0.0666. The molecule has 0 radical (unpaired) electrons. The first-order valence-corrected chi connectivity index (χ1v) is 6.39. The molecule has 0 atom stereocenters. The summed E-state index contributed by atoms with van der Waals surface area (Å²) in [7, 11) is 0. The van der Waals surface area contributed by atoms with Gasteiger partial charge in [0, 0.05) is 29.2 Å². The van der Waals surface area contributed by atoms with Crippen LogP contribution in [-0.4, -0.2) is 20.3 Å². The molecule has 96 valence electrons. The standard InChI is InChI=1S/C14H18N2OS/c1-14(2,17)6-8-16-7-5-10-9-11(13(15)18)3-4-12(10)16/h3-5,7,9,17H,6,8H2,1-2H3,(H2,15,18). The number of nitrogens with two attached hydrogens (primary N) is 1. The fourth-order valence-corrected chi connectivity index (χ4v) is 2.07. The van der Waals surface area contributed by atoms with Crippen LogP contribution in [0.25, 0.3) is 10.9 Å². The lowest BCUT2D eigenvalue weighted by Crippen LogP contribution is -2.20. The second kappa shape index (κ2) is 4.71. The first-order chi connectivity index (χ1) is 8.37. The SMILES string of the molecule is CC(C)(O)CCn1ccc2cc(C(N)=S)ccc21. The van der Waals surface area contributed by atoms with E-state index in [4.69, 9.17) is 18.0 Å². The lowest BCUT2D eigenvalue weighted by atomic mass is 10.1. The fourth-order valence-electron chi connectivity index (χ4n) is 1.94. The quantitative estimate of drug-likeness (QED) is 0.832. The molecule has 0 spiro atoms. The Morgan fingerprint density at radius 2 is 2.11 bits per heavy atom. The average molecular weight is 262 g/mol. The molecule has 0 aliphatic carbocycles. The molecule has 4 heteroatoms. The van der Waals surface area contributed by atoms with Crippen molar-refractivity contribution in [2.75, 3.05) is 0 Å². The van der Waals surface area contributed by atoms with Crippen LogP contribution in [0.4, 0.5) is 0 Å². The van der Waals surface area contributed by atoms with E-state index in [1.165, 1.54) is 0 Å². The summed E-state index contributed by atoms with van der Waals surface area (Å²) >= 11 is 4.97. The molecule has 0 aliphatic rings. The van der Waals surface area contributed by atoms with Crippen LogP contribution >= 0.6 is 12.2 Å². The summed E-state index contributed by atoms with van der Waals surface area (Å²) in [4.78, 5) is 0.418. The number of benzene rings is 1. The Hall–Kier alpha value is -1.39. The van der Waals surface area contributed by atoms with Gasteiger partial charge in [0.25, 0.3) is 0 Å². The van der Waals surface area contributed by atoms with E-state index in [1.807, 2.05) is 44.3 Å². The van der Waals surface area contributed by atoms with Crippen molar-refractivity contribution in [2.24, 2.45) is 5.73 Å². The molecule has 1 aromatic carbocycles. The first-order valence-electron chi connectivity index (χ1n) is 5.98. The van der Waals surface area contributed by atoms with E-state index in [1.54, 1.807) is 0 Å². The Bertz CT molecular complexity index is 581. The maximum Gasteiger partial charge on any atom is 0.104 e. The van der Waals surface area contributed by atoms with Gasteiger partial charge < -0.3 is 15.4 Å². The molecular weight excluding hydrogens is 244 g/mol. The number of nitrogens with zero attached hydrogens (tertiary/aromatic N) is 1. The molecule has 18 heavy (non-hydrogen) atoms. The Morgan fingerprint density at radius 3 is 2.72 bits per heavy atom. The topological polar surface area (TPSA) is 51.2 Å². The van der Waals surface area contributed by atoms with Gasteiger partial charge in [-0.15, -0.1) is 0 Å². The molecule has 3 nitrogen and oxygen atoms in total. The van der Waals surface area contributed by atoms with E-state index in [9.17, 15) is 5.11 Å². The molecule has 0 amide bonds. The number of thiocarbonyl (C=S) groups is 1. The molecule has 1 aromatic heterocycles. The van der Waals surface area contributed by atoms with Gasteiger partial charge in [0.15, 0.2) is 0 Å². The minimum Gasteiger partial charge on any atom is -0.390 e. The van der Waals surface area contributed by atoms with Crippen LogP contribution < -0.4 is 5.73 Å². The van der Waals surface area contributed by atoms with Crippen molar-refractivity contribution < 1.29 is 5.11 Å². The Labute approximate surface area is 112 Å². The van der Waals surface area contributed by atoms with Crippen molar-refractivity contribution in [3.8, 4) is 0 Å². The molecule has 2 aromatic rings. The van der Waals surface area contributed by atoms with Gasteiger partial charge in [-0.3, -0.25) is 0 Å². The summed E-state index contributed by atoms with van der Waals surface area (Å²) < 4.78 is 2.14. The van der Waals surface area contributed by atoms with Crippen molar-refractivity contribution in [3.05, 3.63) is 36.0 Å². The molecule has 3 N–H and O–H groups in total. The van der Waals surface area contributed by atoms with Gasteiger partial charge >= 0.3 is 0 Å². The largest absolute Gasteiger partial charge is 0.390 e. The van der Waals surface area contributed by atoms with Crippen LogP contribution in [0.5, 0.6) is 0 Å². The lowest BCUT2D eigenvalue weighted by Gasteiger charge is -2.17. The zero-order chi connectivity index (χ0) is 13.3. The van der Waals surface area contributed by atoms with E-state index >= 15 is 0 Å². The highest BCUT2D eigenvalue weighted by molar-refractivity contribution is 7.80. The van der Waals surface area contributed by atoms with Crippen LogP contribution in [0.1, 0.15) is 25.8 Å². The highest BCUT2D eigenvalue weighted by Gasteiger charge is 2.13. The minimum absolute atomic E-state index is 0.418. The van der Waals surface area contributed by atoms with Crippen LogP contribution in [0.15, 0.2) is 30.5 Å². The van der Waals surface area contributed by atoms with Gasteiger partial charge in [0.05, 0.1) is 5.60 Å². The molecule has 1 heterocycles. The molecule has 0 fully saturated rings. The van der Waals surface area contributed by atoms with Gasteiger partial charge in [0.2, 0.25) is 0 Å². The summed E-state index contributed by atoms with van der Waals surface area (Å²) in [6.45, 7) is 4.44. The zero-order valence-corrected chi connectivity index (χ0v) is 11.5. The van der Waals surface area contributed by atoms with Crippen LogP contribution in [0.3, 0.4) is 0 Å². The third-order valence-electron chi connectivity index (χ3n) is 3.02. The maximum absolute atomic E-state index is 9.76. The third-order valence-corrected chi connectivity index (χ3v) is 3.26. The van der Waals surface area contributed by atoms with Crippen molar-refractivity contribution >= 4 is 28.1 Å².